The van der Waals surface area contributed by atoms with Crippen molar-refractivity contribution in [2.24, 2.45) is 28.5 Å². The van der Waals surface area contributed by atoms with Crippen molar-refractivity contribution in [2.45, 2.75) is 58.4 Å². The minimum absolute atomic E-state index is 0.00431. The van der Waals surface area contributed by atoms with Crippen LogP contribution in [0.3, 0.4) is 0 Å². The van der Waals surface area contributed by atoms with Crippen LogP contribution in [0.5, 0.6) is 5.75 Å². The number of hydrogen-bond acceptors (Lipinski definition) is 7. The summed E-state index contributed by atoms with van der Waals surface area (Å²) in [5.41, 5.74) is 7.24. The summed E-state index contributed by atoms with van der Waals surface area (Å²) in [5, 5.41) is 6.91. The number of nitrogens with two attached hydrogens (primary N) is 1. The summed E-state index contributed by atoms with van der Waals surface area (Å²) in [6.45, 7) is 4.08. The topological polar surface area (TPSA) is 139 Å². The summed E-state index contributed by atoms with van der Waals surface area (Å²) in [4.78, 5) is 50.3. The molecule has 3 aromatic rings. The maximum Gasteiger partial charge on any atom is 0.330 e. The van der Waals surface area contributed by atoms with E-state index in [0.717, 1.165) is 43.2 Å². The van der Waals surface area contributed by atoms with Gasteiger partial charge in [-0.2, -0.15) is 0 Å². The second-order valence-electron chi connectivity index (χ2n) is 11.3. The molecule has 0 spiro atoms. The number of nitrogens with zero attached hydrogens (tertiary/aromatic N) is 3. The molecule has 1 fully saturated rings. The Labute approximate surface area is 248 Å². The number of carbonyl (C=O) groups is 3. The number of allylic oxidation sites excluding steroid dienone is 1. The molecule has 6 rings (SSSR count). The number of aromatic nitrogens is 1. The van der Waals surface area contributed by atoms with E-state index in [9.17, 15) is 14.4 Å². The van der Waals surface area contributed by atoms with Gasteiger partial charge in [-0.1, -0.05) is 44.9 Å². The van der Waals surface area contributed by atoms with Gasteiger partial charge in [0.25, 0.3) is 5.91 Å². The Balaban J connectivity index is 1.26. The molecule has 10 nitrogen and oxygen atoms in total. The van der Waals surface area contributed by atoms with Crippen LogP contribution in [0, 0.1) is 17.8 Å². The summed E-state index contributed by atoms with van der Waals surface area (Å²) in [7, 11) is 0. The van der Waals surface area contributed by atoms with Crippen LogP contribution < -0.4 is 26.0 Å². The number of primary amides is 1. The maximum absolute atomic E-state index is 13.7. The number of anilines is 2. The molecule has 4 atom stereocenters. The molecule has 2 aromatic heterocycles. The van der Waals surface area contributed by atoms with Gasteiger partial charge in [-0.15, -0.1) is 11.3 Å². The number of rotatable bonds is 7. The summed E-state index contributed by atoms with van der Waals surface area (Å²) < 4.78 is 6.05. The van der Waals surface area contributed by atoms with Crippen molar-refractivity contribution in [1.82, 2.24) is 10.3 Å². The number of aliphatic imine (C=N–C) groups is 1. The fraction of sp³-hybridized carbons (Fsp3) is 0.387. The van der Waals surface area contributed by atoms with Crippen molar-refractivity contribution >= 4 is 56.7 Å². The van der Waals surface area contributed by atoms with Crippen molar-refractivity contribution in [2.75, 3.05) is 10.2 Å². The lowest BCUT2D eigenvalue weighted by molar-refractivity contribution is -0.118. The first kappa shape index (κ1) is 27.9. The molecule has 1 aromatic carbocycles. The minimum atomic E-state index is -0.348. The number of amides is 4. The second kappa shape index (κ2) is 11.6. The molecule has 0 radical (unpaired) electrons. The molecule has 4 heterocycles. The van der Waals surface area contributed by atoms with Crippen LogP contribution in [0.2, 0.25) is 0 Å². The van der Waals surface area contributed by atoms with Crippen molar-refractivity contribution < 1.29 is 19.1 Å². The van der Waals surface area contributed by atoms with Crippen molar-refractivity contribution in [3.63, 3.8) is 0 Å². The highest BCUT2D eigenvalue weighted by Crippen LogP contribution is 2.46. The highest BCUT2D eigenvalue weighted by molar-refractivity contribution is 7.21. The highest BCUT2D eigenvalue weighted by Gasteiger charge is 2.38. The average Bonchev–Trinajstić information content (AvgIpc) is 3.35. The zero-order valence-electron chi connectivity index (χ0n) is 23.6. The molecule has 0 bridgehead atoms. The van der Waals surface area contributed by atoms with Gasteiger partial charge in [0, 0.05) is 36.2 Å². The average molecular weight is 587 g/mol. The van der Waals surface area contributed by atoms with Crippen molar-refractivity contribution in [3.05, 3.63) is 59.4 Å². The first-order valence-corrected chi connectivity index (χ1v) is 15.2. The predicted molar refractivity (Wildman–Crippen MR) is 164 cm³/mol. The third-order valence-corrected chi connectivity index (χ3v) is 9.62. The smallest absolute Gasteiger partial charge is 0.330 e. The Hall–Kier alpha value is -4.25. The zero-order valence-corrected chi connectivity index (χ0v) is 24.4. The SMILES string of the molecule is CC1C(N2C(=O)Nc3c(C(=O)N[C@@H]4CCCC(CCC(N)=O)C4)sc4nccc2c34)=CN=C(Oc2ccccc2)C1C. The maximum atomic E-state index is 13.7. The number of para-hydroxylation sites is 1. The highest BCUT2D eigenvalue weighted by atomic mass is 32.1. The van der Waals surface area contributed by atoms with E-state index < -0.39 is 0 Å². The minimum Gasteiger partial charge on any atom is -0.443 e. The van der Waals surface area contributed by atoms with Crippen molar-refractivity contribution in [1.29, 1.82) is 0 Å². The summed E-state index contributed by atoms with van der Waals surface area (Å²) in [5.74, 6) is 0.980. The molecule has 2 aliphatic heterocycles. The fourth-order valence-electron chi connectivity index (χ4n) is 6.11. The van der Waals surface area contributed by atoms with E-state index in [2.05, 4.69) is 20.6 Å². The van der Waals surface area contributed by atoms with Crippen molar-refractivity contribution in [3.8, 4) is 5.75 Å². The lowest BCUT2D eigenvalue weighted by Gasteiger charge is -2.36. The quantitative estimate of drug-likeness (QED) is 0.321. The molecule has 1 saturated carbocycles. The van der Waals surface area contributed by atoms with Crippen LogP contribution in [0.15, 0.2) is 59.5 Å². The summed E-state index contributed by atoms with van der Waals surface area (Å²) in [6, 6.07) is 11.0. The van der Waals surface area contributed by atoms with E-state index in [1.807, 2.05) is 44.2 Å². The number of carbonyl (C=O) groups excluding carboxylic acids is 3. The normalized spacial score (nSPS) is 23.6. The van der Waals surface area contributed by atoms with E-state index in [1.165, 1.54) is 11.3 Å². The van der Waals surface area contributed by atoms with Gasteiger partial charge in [0.1, 0.15) is 15.5 Å². The molecule has 42 heavy (non-hydrogen) atoms. The van der Waals surface area contributed by atoms with Crippen LogP contribution >= 0.6 is 11.3 Å². The Bertz CT molecular complexity index is 1600. The van der Waals surface area contributed by atoms with E-state index in [1.54, 1.807) is 23.4 Å². The molecule has 0 saturated heterocycles. The number of thiophene rings is 1. The van der Waals surface area contributed by atoms with Gasteiger partial charge < -0.3 is 21.1 Å². The van der Waals surface area contributed by atoms with Gasteiger partial charge in [0.05, 0.1) is 23.0 Å². The Morgan fingerprint density at radius 1 is 1.17 bits per heavy atom. The Morgan fingerprint density at radius 3 is 2.76 bits per heavy atom. The largest absolute Gasteiger partial charge is 0.443 e. The summed E-state index contributed by atoms with van der Waals surface area (Å²) in [6.07, 6.45) is 8.17. The van der Waals surface area contributed by atoms with Crippen LogP contribution in [0.25, 0.3) is 10.2 Å². The molecule has 218 valence electrons. The number of pyridine rings is 1. The van der Waals surface area contributed by atoms with E-state index in [0.29, 0.717) is 45.1 Å². The van der Waals surface area contributed by atoms with Crippen LogP contribution in [0.4, 0.5) is 16.2 Å². The Morgan fingerprint density at radius 2 is 1.98 bits per heavy atom. The Kier molecular flexibility index (Phi) is 7.68. The molecule has 3 aliphatic rings. The first-order valence-electron chi connectivity index (χ1n) is 14.4. The predicted octanol–water partition coefficient (Wildman–Crippen LogP) is 5.81. The van der Waals surface area contributed by atoms with E-state index in [4.69, 9.17) is 10.5 Å². The second-order valence-corrected chi connectivity index (χ2v) is 12.3. The third kappa shape index (κ3) is 5.36. The van der Waals surface area contributed by atoms with Gasteiger partial charge >= 0.3 is 6.03 Å². The molecule has 3 unspecified atom stereocenters. The van der Waals surface area contributed by atoms with Crippen LogP contribution in [-0.2, 0) is 4.79 Å². The van der Waals surface area contributed by atoms with Crippen LogP contribution in [-0.4, -0.2) is 34.8 Å². The number of urea groups is 1. The molecule has 11 heteroatoms. The van der Waals surface area contributed by atoms with Gasteiger partial charge in [0.2, 0.25) is 5.91 Å². The fourth-order valence-corrected chi connectivity index (χ4v) is 7.13. The molecule has 4 amide bonds. The van der Waals surface area contributed by atoms with Gasteiger partial charge in [0.15, 0.2) is 5.90 Å². The summed E-state index contributed by atoms with van der Waals surface area (Å²) >= 11 is 1.28. The molecular formula is C31H34N6O4S. The third-order valence-electron chi connectivity index (χ3n) is 8.52. The van der Waals surface area contributed by atoms with E-state index in [-0.39, 0.29) is 35.7 Å². The van der Waals surface area contributed by atoms with Gasteiger partial charge in [-0.25, -0.2) is 14.8 Å². The van der Waals surface area contributed by atoms with E-state index >= 15 is 0 Å². The number of hydrogen-bond donors (Lipinski definition) is 3. The van der Waals surface area contributed by atoms with Crippen LogP contribution in [0.1, 0.15) is 62.0 Å². The van der Waals surface area contributed by atoms with Gasteiger partial charge in [-0.3, -0.25) is 14.5 Å². The lowest BCUT2D eigenvalue weighted by Crippen LogP contribution is -2.43. The van der Waals surface area contributed by atoms with Gasteiger partial charge in [-0.05, 0) is 43.4 Å². The molecular weight excluding hydrogens is 552 g/mol. The molecule has 1 aliphatic carbocycles. The number of benzene rings is 1. The first-order chi connectivity index (χ1) is 20.3. The monoisotopic (exact) mass is 586 g/mol. The number of ether oxygens (including phenoxy) is 1. The zero-order chi connectivity index (χ0) is 29.4. The standard InChI is InChI=1S/C31H34N6O4S/c1-17-18(2)29(41-21-9-4-3-5-10-21)34-16-23(17)37-22-13-14-33-30-25(22)26(36-31(37)40)27(42-30)28(39)35-20-8-6-7-19(15-20)11-12-24(32)38/h3-5,9-10,13-14,16-20H,6-8,11-12,15H2,1-2H3,(H2,32,38)(H,35,39)(H,36,40)/t17?,18?,19?,20-/m1/s1. The lowest BCUT2D eigenvalue weighted by atomic mass is 9.83. The molecule has 4 N–H and O–H groups in total. The number of nitrogens with one attached hydrogen (secondary N) is 2.